The van der Waals surface area contributed by atoms with Crippen molar-refractivity contribution >= 4 is 38.4 Å². The van der Waals surface area contributed by atoms with E-state index in [0.717, 1.165) is 29.5 Å². The van der Waals surface area contributed by atoms with Crippen molar-refractivity contribution in [1.82, 2.24) is 9.97 Å². The molecule has 0 aliphatic rings. The molecule has 0 saturated heterocycles. The highest BCUT2D eigenvalue weighted by Crippen LogP contribution is 2.33. The molecule has 0 radical (unpaired) electrons. The molecule has 148 valence electrons. The number of aromatic nitrogens is 2. The summed E-state index contributed by atoms with van der Waals surface area (Å²) in [7, 11) is -3.97. The number of hydrogen-bond acceptors (Lipinski definition) is 5. The molecule has 0 spiro atoms. The van der Waals surface area contributed by atoms with Gasteiger partial charge in [0.05, 0.1) is 10.6 Å². The van der Waals surface area contributed by atoms with Crippen LogP contribution in [-0.2, 0) is 16.4 Å². The van der Waals surface area contributed by atoms with Gasteiger partial charge in [-0.15, -0.1) is 0 Å². The largest absolute Gasteiger partial charge is 0.445 e. The third-order valence-corrected chi connectivity index (χ3v) is 6.10. The Kier molecular flexibility index (Phi) is 4.97. The van der Waals surface area contributed by atoms with Crippen molar-refractivity contribution in [2.75, 3.05) is 4.72 Å². The van der Waals surface area contributed by atoms with Crippen LogP contribution in [0.2, 0.25) is 5.15 Å². The number of nitrogens with one attached hydrogen (secondary N) is 1. The number of sulfonamides is 1. The summed E-state index contributed by atoms with van der Waals surface area (Å²) in [6.45, 7) is 2.02. The normalized spacial score (nSPS) is 11.7. The number of aryl methyl sites for hydroxylation is 1. The molecule has 0 bridgehead atoms. The minimum Gasteiger partial charge on any atom is -0.445 e. The Morgan fingerprint density at radius 2 is 1.90 bits per heavy atom. The van der Waals surface area contributed by atoms with Gasteiger partial charge in [-0.1, -0.05) is 18.5 Å². The average Bonchev–Trinajstić information content (AvgIpc) is 3.13. The molecule has 6 nitrogen and oxygen atoms in total. The lowest BCUT2D eigenvalue weighted by molar-refractivity contribution is 0.599. The maximum atomic E-state index is 13.1. The highest BCUT2D eigenvalue weighted by Gasteiger charge is 2.18. The van der Waals surface area contributed by atoms with Crippen LogP contribution in [0.15, 0.2) is 64.4 Å². The predicted molar refractivity (Wildman–Crippen MR) is 109 cm³/mol. The van der Waals surface area contributed by atoms with Crippen molar-refractivity contribution in [3.63, 3.8) is 0 Å². The molecule has 0 amide bonds. The number of furan rings is 1. The zero-order chi connectivity index (χ0) is 20.6. The maximum absolute atomic E-state index is 13.1. The zero-order valence-corrected chi connectivity index (χ0v) is 16.8. The number of pyridine rings is 2. The number of anilines is 1. The van der Waals surface area contributed by atoms with Crippen molar-refractivity contribution < 1.29 is 17.2 Å². The Labute approximate surface area is 171 Å². The standard InChI is InChI=1S/C20H15ClFN3O3S/c1-2-12-7-16-17(11-28-20(16)24-9-12)13-8-18(19(21)23-10-13)25-29(26,27)15-5-3-14(22)4-6-15/h3-11,25H,2H2,1H3. The van der Waals surface area contributed by atoms with Gasteiger partial charge in [0.1, 0.15) is 12.1 Å². The Morgan fingerprint density at radius 1 is 1.14 bits per heavy atom. The number of hydrogen-bond donors (Lipinski definition) is 1. The molecule has 9 heteroatoms. The van der Waals surface area contributed by atoms with Gasteiger partial charge >= 0.3 is 0 Å². The van der Waals surface area contributed by atoms with Gasteiger partial charge in [-0.3, -0.25) is 4.72 Å². The lowest BCUT2D eigenvalue weighted by Gasteiger charge is -2.10. The van der Waals surface area contributed by atoms with Crippen LogP contribution in [0.4, 0.5) is 10.1 Å². The van der Waals surface area contributed by atoms with Gasteiger partial charge in [0.25, 0.3) is 10.0 Å². The van der Waals surface area contributed by atoms with Crippen molar-refractivity contribution in [2.45, 2.75) is 18.2 Å². The lowest BCUT2D eigenvalue weighted by atomic mass is 10.1. The van der Waals surface area contributed by atoms with E-state index in [1.165, 1.54) is 18.3 Å². The van der Waals surface area contributed by atoms with Crippen LogP contribution < -0.4 is 4.72 Å². The van der Waals surface area contributed by atoms with E-state index in [1.807, 2.05) is 13.0 Å². The van der Waals surface area contributed by atoms with Gasteiger partial charge in [0, 0.05) is 28.9 Å². The van der Waals surface area contributed by atoms with Crippen LogP contribution in [0.1, 0.15) is 12.5 Å². The monoisotopic (exact) mass is 431 g/mol. The highest BCUT2D eigenvalue weighted by atomic mass is 35.5. The maximum Gasteiger partial charge on any atom is 0.261 e. The predicted octanol–water partition coefficient (Wildman–Crippen LogP) is 5.05. The first-order valence-electron chi connectivity index (χ1n) is 8.68. The molecule has 0 fully saturated rings. The molecule has 4 aromatic rings. The smallest absolute Gasteiger partial charge is 0.261 e. The van der Waals surface area contributed by atoms with Gasteiger partial charge < -0.3 is 4.42 Å². The van der Waals surface area contributed by atoms with E-state index in [2.05, 4.69) is 14.7 Å². The molecule has 0 unspecified atom stereocenters. The number of fused-ring (bicyclic) bond motifs is 1. The molecule has 29 heavy (non-hydrogen) atoms. The van der Waals surface area contributed by atoms with E-state index in [0.29, 0.717) is 16.8 Å². The number of nitrogens with zero attached hydrogens (tertiary/aromatic N) is 2. The van der Waals surface area contributed by atoms with Gasteiger partial charge in [0.2, 0.25) is 5.71 Å². The van der Waals surface area contributed by atoms with Crippen molar-refractivity contribution in [2.24, 2.45) is 0 Å². The third-order valence-electron chi connectivity index (χ3n) is 4.41. The molecule has 4 rings (SSSR count). The summed E-state index contributed by atoms with van der Waals surface area (Å²) in [5.41, 5.74) is 2.94. The average molecular weight is 432 g/mol. The molecule has 0 saturated carbocycles. The third kappa shape index (κ3) is 3.81. The Balaban J connectivity index is 1.74. The highest BCUT2D eigenvalue weighted by molar-refractivity contribution is 7.92. The Hall–Kier alpha value is -2.97. The van der Waals surface area contributed by atoms with Gasteiger partial charge in [-0.25, -0.2) is 22.8 Å². The van der Waals surface area contributed by atoms with Crippen LogP contribution in [0.25, 0.3) is 22.2 Å². The molecule has 0 atom stereocenters. The Morgan fingerprint density at radius 3 is 2.62 bits per heavy atom. The first-order valence-corrected chi connectivity index (χ1v) is 10.5. The first-order chi connectivity index (χ1) is 13.9. The fourth-order valence-corrected chi connectivity index (χ4v) is 4.13. The molecule has 0 aliphatic heterocycles. The number of rotatable bonds is 5. The van der Waals surface area contributed by atoms with E-state index in [4.69, 9.17) is 16.0 Å². The second-order valence-corrected chi connectivity index (χ2v) is 8.36. The molecule has 1 aromatic carbocycles. The molecule has 0 aliphatic carbocycles. The summed E-state index contributed by atoms with van der Waals surface area (Å²) in [4.78, 5) is 8.29. The quantitative estimate of drug-likeness (QED) is 0.447. The van der Waals surface area contributed by atoms with E-state index < -0.39 is 15.8 Å². The summed E-state index contributed by atoms with van der Waals surface area (Å²) in [5.74, 6) is -0.530. The Bertz CT molecular complexity index is 1300. The fraction of sp³-hybridized carbons (Fsp3) is 0.100. The molecular weight excluding hydrogens is 417 g/mol. The number of halogens is 2. The topological polar surface area (TPSA) is 85.1 Å². The summed E-state index contributed by atoms with van der Waals surface area (Å²) < 4.78 is 46.2. The van der Waals surface area contributed by atoms with Crippen molar-refractivity contribution in [3.8, 4) is 11.1 Å². The summed E-state index contributed by atoms with van der Waals surface area (Å²) >= 11 is 6.11. The van der Waals surface area contributed by atoms with Crippen LogP contribution in [0, 0.1) is 5.82 Å². The van der Waals surface area contributed by atoms with Crippen LogP contribution in [0.5, 0.6) is 0 Å². The van der Waals surface area contributed by atoms with Crippen LogP contribution in [0.3, 0.4) is 0 Å². The molecular formula is C20H15ClFN3O3S. The zero-order valence-electron chi connectivity index (χ0n) is 15.2. The summed E-state index contributed by atoms with van der Waals surface area (Å²) in [5, 5.41) is 0.778. The SMILES string of the molecule is CCc1cnc2occ(-c3cnc(Cl)c(NS(=O)(=O)c4ccc(F)cc4)c3)c2c1. The molecule has 3 aromatic heterocycles. The lowest BCUT2D eigenvalue weighted by Crippen LogP contribution is -2.13. The van der Waals surface area contributed by atoms with E-state index in [-0.39, 0.29) is 15.7 Å². The first kappa shape index (κ1) is 19.4. The van der Waals surface area contributed by atoms with Crippen LogP contribution in [-0.4, -0.2) is 18.4 Å². The number of benzene rings is 1. The van der Waals surface area contributed by atoms with Crippen molar-refractivity contribution in [1.29, 1.82) is 0 Å². The van der Waals surface area contributed by atoms with Gasteiger partial charge in [0.15, 0.2) is 5.15 Å². The molecule has 1 N–H and O–H groups in total. The van der Waals surface area contributed by atoms with Gasteiger partial charge in [-0.2, -0.15) is 0 Å². The minimum atomic E-state index is -3.97. The second kappa shape index (κ2) is 7.46. The summed E-state index contributed by atoms with van der Waals surface area (Å²) in [6.07, 6.45) is 5.63. The minimum absolute atomic E-state index is 0.0143. The summed E-state index contributed by atoms with van der Waals surface area (Å²) in [6, 6.07) is 8.02. The van der Waals surface area contributed by atoms with E-state index >= 15 is 0 Å². The van der Waals surface area contributed by atoms with Crippen LogP contribution >= 0.6 is 11.6 Å². The van der Waals surface area contributed by atoms with E-state index in [9.17, 15) is 12.8 Å². The van der Waals surface area contributed by atoms with E-state index in [1.54, 1.807) is 18.5 Å². The second-order valence-electron chi connectivity index (χ2n) is 6.32. The van der Waals surface area contributed by atoms with Crippen molar-refractivity contribution in [3.05, 3.63) is 71.6 Å². The molecule has 3 heterocycles. The fourth-order valence-electron chi connectivity index (χ4n) is 2.86. The van der Waals surface area contributed by atoms with Gasteiger partial charge in [-0.05, 0) is 48.4 Å².